The van der Waals surface area contributed by atoms with E-state index in [9.17, 15) is 19.7 Å². The fourth-order valence-electron chi connectivity index (χ4n) is 2.53. The Balaban J connectivity index is 1.74. The lowest BCUT2D eigenvalue weighted by atomic mass is 10.2. The van der Waals surface area contributed by atoms with Gasteiger partial charge in [-0.25, -0.2) is 0 Å². The Morgan fingerprint density at radius 3 is 2.40 bits per heavy atom. The van der Waals surface area contributed by atoms with Crippen molar-refractivity contribution in [2.45, 2.75) is 32.6 Å². The largest absolute Gasteiger partial charge is 0.494 e. The molecule has 0 bridgehead atoms. The molecule has 0 atom stereocenters. The van der Waals surface area contributed by atoms with E-state index in [-0.39, 0.29) is 11.4 Å². The highest BCUT2D eigenvalue weighted by Crippen LogP contribution is 2.25. The zero-order chi connectivity index (χ0) is 21.8. The molecule has 2 aromatic rings. The molecule has 0 saturated heterocycles. The van der Waals surface area contributed by atoms with Crippen LogP contribution in [0.5, 0.6) is 11.5 Å². The molecule has 9 nitrogen and oxygen atoms in total. The molecule has 0 aliphatic carbocycles. The highest BCUT2D eigenvalue weighted by Gasteiger charge is 2.15. The van der Waals surface area contributed by atoms with Crippen LogP contribution in [-0.4, -0.2) is 30.0 Å². The van der Waals surface area contributed by atoms with Gasteiger partial charge >= 0.3 is 5.69 Å². The molecular weight excluding hydrogens is 390 g/mol. The van der Waals surface area contributed by atoms with Crippen LogP contribution >= 0.6 is 0 Å². The van der Waals surface area contributed by atoms with Crippen molar-refractivity contribution in [3.8, 4) is 11.5 Å². The summed E-state index contributed by atoms with van der Waals surface area (Å²) in [6.45, 7) is 2.28. The predicted molar refractivity (Wildman–Crippen MR) is 110 cm³/mol. The summed E-state index contributed by atoms with van der Waals surface area (Å²) >= 11 is 0. The standard InChI is InChI=1S/C21H25N3O6/c1-2-3-4-7-14-29-17-12-10-16(11-13-17)21(26)23-22-20(25)15-30-19-9-6-5-8-18(19)24(27)28/h5-6,8-13H,2-4,7,14-15H2,1H3,(H,22,25)(H,23,26). The highest BCUT2D eigenvalue weighted by atomic mass is 16.6. The van der Waals surface area contributed by atoms with Gasteiger partial charge in [-0.2, -0.15) is 0 Å². The molecule has 0 aliphatic heterocycles. The number of nitro benzene ring substituents is 1. The Labute approximate surface area is 174 Å². The van der Waals surface area contributed by atoms with E-state index >= 15 is 0 Å². The van der Waals surface area contributed by atoms with Crippen LogP contribution in [0.3, 0.4) is 0 Å². The number of carbonyl (C=O) groups is 2. The molecule has 2 amide bonds. The first-order valence-electron chi connectivity index (χ1n) is 9.69. The number of carbonyl (C=O) groups excluding carboxylic acids is 2. The van der Waals surface area contributed by atoms with Crippen LogP contribution in [0.15, 0.2) is 48.5 Å². The topological polar surface area (TPSA) is 120 Å². The lowest BCUT2D eigenvalue weighted by molar-refractivity contribution is -0.385. The molecule has 2 N–H and O–H groups in total. The van der Waals surface area contributed by atoms with Gasteiger partial charge < -0.3 is 9.47 Å². The number of benzene rings is 2. The summed E-state index contributed by atoms with van der Waals surface area (Å²) < 4.78 is 10.8. The highest BCUT2D eigenvalue weighted by molar-refractivity contribution is 5.95. The minimum atomic E-state index is -0.659. The van der Waals surface area contributed by atoms with Crippen molar-refractivity contribution in [1.82, 2.24) is 10.9 Å². The smallest absolute Gasteiger partial charge is 0.310 e. The van der Waals surface area contributed by atoms with Gasteiger partial charge in [0.2, 0.25) is 0 Å². The van der Waals surface area contributed by atoms with Crippen molar-refractivity contribution in [3.63, 3.8) is 0 Å². The van der Waals surface area contributed by atoms with Crippen LogP contribution in [0.1, 0.15) is 43.0 Å². The number of ether oxygens (including phenoxy) is 2. The third-order valence-corrected chi connectivity index (χ3v) is 4.12. The van der Waals surface area contributed by atoms with Crippen LogP contribution in [0, 0.1) is 10.1 Å². The fraction of sp³-hybridized carbons (Fsp3) is 0.333. The van der Waals surface area contributed by atoms with Crippen molar-refractivity contribution in [1.29, 1.82) is 0 Å². The molecule has 0 spiro atoms. The van der Waals surface area contributed by atoms with Gasteiger partial charge in [-0.3, -0.25) is 30.6 Å². The molecule has 9 heteroatoms. The second kappa shape index (κ2) is 12.1. The number of hydrogen-bond donors (Lipinski definition) is 2. The molecule has 0 unspecified atom stereocenters. The minimum Gasteiger partial charge on any atom is -0.494 e. The van der Waals surface area contributed by atoms with E-state index < -0.39 is 23.3 Å². The number of hydrazine groups is 1. The molecule has 0 aromatic heterocycles. The third-order valence-electron chi connectivity index (χ3n) is 4.12. The number of nitro groups is 1. The second-order valence-electron chi connectivity index (χ2n) is 6.45. The second-order valence-corrected chi connectivity index (χ2v) is 6.45. The Morgan fingerprint density at radius 1 is 0.967 bits per heavy atom. The van der Waals surface area contributed by atoms with Crippen molar-refractivity contribution in [3.05, 3.63) is 64.2 Å². The van der Waals surface area contributed by atoms with Gasteiger partial charge in [0.25, 0.3) is 11.8 Å². The van der Waals surface area contributed by atoms with E-state index in [1.165, 1.54) is 31.0 Å². The van der Waals surface area contributed by atoms with Crippen LogP contribution in [0.25, 0.3) is 0 Å². The maximum absolute atomic E-state index is 12.1. The predicted octanol–water partition coefficient (Wildman–Crippen LogP) is 3.39. The molecule has 160 valence electrons. The number of unbranched alkanes of at least 4 members (excludes halogenated alkanes) is 3. The summed E-state index contributed by atoms with van der Waals surface area (Å²) in [5, 5.41) is 10.9. The number of nitrogens with one attached hydrogen (secondary N) is 2. The average Bonchev–Trinajstić information content (AvgIpc) is 2.76. The molecule has 0 radical (unpaired) electrons. The van der Waals surface area contributed by atoms with Crippen molar-refractivity contribution >= 4 is 17.5 Å². The first-order valence-corrected chi connectivity index (χ1v) is 9.69. The number of rotatable bonds is 11. The van der Waals surface area contributed by atoms with Gasteiger partial charge in [-0.1, -0.05) is 38.3 Å². The van der Waals surface area contributed by atoms with Crippen LogP contribution < -0.4 is 20.3 Å². The summed E-state index contributed by atoms with van der Waals surface area (Å²) in [7, 11) is 0. The summed E-state index contributed by atoms with van der Waals surface area (Å²) in [5.41, 5.74) is 4.56. The van der Waals surface area contributed by atoms with Crippen molar-refractivity contribution < 1.29 is 24.0 Å². The number of para-hydroxylation sites is 2. The molecule has 0 saturated carbocycles. The summed E-state index contributed by atoms with van der Waals surface area (Å²) in [6, 6.07) is 12.3. The summed E-state index contributed by atoms with van der Waals surface area (Å²) in [4.78, 5) is 34.3. The maximum Gasteiger partial charge on any atom is 0.310 e. The van der Waals surface area contributed by atoms with Gasteiger partial charge in [0, 0.05) is 11.6 Å². The van der Waals surface area contributed by atoms with Crippen molar-refractivity contribution in [2.75, 3.05) is 13.2 Å². The molecule has 2 rings (SSSR count). The normalized spacial score (nSPS) is 10.2. The fourth-order valence-corrected chi connectivity index (χ4v) is 2.53. The monoisotopic (exact) mass is 415 g/mol. The quantitative estimate of drug-likeness (QED) is 0.330. The molecule has 0 fully saturated rings. The first-order chi connectivity index (χ1) is 14.5. The Kier molecular flexibility index (Phi) is 9.11. The molecule has 30 heavy (non-hydrogen) atoms. The van der Waals surface area contributed by atoms with E-state index in [2.05, 4.69) is 17.8 Å². The van der Waals surface area contributed by atoms with Crippen LogP contribution in [-0.2, 0) is 4.79 Å². The number of amides is 2. The van der Waals surface area contributed by atoms with Gasteiger partial charge in [0.15, 0.2) is 12.4 Å². The van der Waals surface area contributed by atoms with Crippen LogP contribution in [0.4, 0.5) is 5.69 Å². The summed E-state index contributed by atoms with van der Waals surface area (Å²) in [6.07, 6.45) is 4.45. The van der Waals surface area contributed by atoms with E-state index in [1.54, 1.807) is 30.3 Å². The average molecular weight is 415 g/mol. The minimum absolute atomic E-state index is 0.0331. The molecule has 0 heterocycles. The lowest BCUT2D eigenvalue weighted by Crippen LogP contribution is -2.43. The summed E-state index contributed by atoms with van der Waals surface area (Å²) in [5.74, 6) is -0.531. The SMILES string of the molecule is CCCCCCOc1ccc(C(=O)NNC(=O)COc2ccccc2[N+](=O)[O-])cc1. The zero-order valence-electron chi connectivity index (χ0n) is 16.8. The van der Waals surface area contributed by atoms with E-state index in [1.807, 2.05) is 0 Å². The zero-order valence-corrected chi connectivity index (χ0v) is 16.8. The van der Waals surface area contributed by atoms with E-state index in [4.69, 9.17) is 9.47 Å². The molecule has 2 aromatic carbocycles. The molecular formula is C21H25N3O6. The van der Waals surface area contributed by atoms with E-state index in [0.29, 0.717) is 17.9 Å². The van der Waals surface area contributed by atoms with Gasteiger partial charge in [0.05, 0.1) is 11.5 Å². The Morgan fingerprint density at radius 2 is 1.70 bits per heavy atom. The third kappa shape index (κ3) is 7.42. The van der Waals surface area contributed by atoms with Gasteiger partial charge in [0.1, 0.15) is 5.75 Å². The van der Waals surface area contributed by atoms with Crippen LogP contribution in [0.2, 0.25) is 0 Å². The number of nitrogens with zero attached hydrogens (tertiary/aromatic N) is 1. The van der Waals surface area contributed by atoms with Gasteiger partial charge in [-0.15, -0.1) is 0 Å². The first kappa shape index (κ1) is 22.7. The number of hydrogen-bond acceptors (Lipinski definition) is 6. The van der Waals surface area contributed by atoms with Gasteiger partial charge in [-0.05, 0) is 36.8 Å². The maximum atomic E-state index is 12.1. The lowest BCUT2D eigenvalue weighted by Gasteiger charge is -2.10. The Bertz CT molecular complexity index is 854. The Hall–Kier alpha value is -3.62. The molecule has 0 aliphatic rings. The van der Waals surface area contributed by atoms with E-state index in [0.717, 1.165) is 12.8 Å². The van der Waals surface area contributed by atoms with Crippen molar-refractivity contribution in [2.24, 2.45) is 0 Å².